The van der Waals surface area contributed by atoms with Gasteiger partial charge in [-0.05, 0) is 54.5 Å². The number of benzene rings is 2. The average molecular weight is 395 g/mol. The average Bonchev–Trinajstić information content (AvgIpc) is 3.51. The van der Waals surface area contributed by atoms with Crippen LogP contribution in [0.2, 0.25) is 0 Å². The minimum absolute atomic E-state index is 0.0347. The molecule has 1 saturated carbocycles. The van der Waals surface area contributed by atoms with Gasteiger partial charge in [0.1, 0.15) is 5.75 Å². The number of ether oxygens (including phenoxy) is 1. The highest BCUT2D eigenvalue weighted by Crippen LogP contribution is 2.40. The number of amides is 2. The summed E-state index contributed by atoms with van der Waals surface area (Å²) in [6.45, 7) is 6.78. The van der Waals surface area contributed by atoms with E-state index in [0.717, 1.165) is 34.5 Å². The molecule has 5 heteroatoms. The lowest BCUT2D eigenvalue weighted by molar-refractivity contribution is -0.125. The van der Waals surface area contributed by atoms with Crippen LogP contribution in [-0.4, -0.2) is 25.5 Å². The van der Waals surface area contributed by atoms with Crippen molar-refractivity contribution >= 4 is 17.5 Å². The molecule has 0 bridgehead atoms. The van der Waals surface area contributed by atoms with Gasteiger partial charge in [0.05, 0.1) is 18.9 Å². The van der Waals surface area contributed by atoms with Crippen molar-refractivity contribution in [3.8, 4) is 5.75 Å². The van der Waals surface area contributed by atoms with Crippen LogP contribution in [0.5, 0.6) is 5.75 Å². The molecule has 0 aromatic heterocycles. The second-order valence-electron chi connectivity index (χ2n) is 8.02. The minimum Gasteiger partial charge on any atom is -0.497 e. The molecule has 0 saturated heterocycles. The third kappa shape index (κ3) is 5.17. The molecule has 2 unspecified atom stereocenters. The number of anilines is 1. The number of rotatable bonds is 8. The molecule has 1 fully saturated rings. The van der Waals surface area contributed by atoms with Crippen LogP contribution in [0, 0.1) is 18.8 Å². The first-order valence-electron chi connectivity index (χ1n) is 10.2. The second kappa shape index (κ2) is 9.12. The number of carbonyl (C=O) groups is 2. The van der Waals surface area contributed by atoms with Gasteiger partial charge in [-0.1, -0.05) is 44.2 Å². The molecule has 1 aliphatic carbocycles. The van der Waals surface area contributed by atoms with Crippen molar-refractivity contribution in [2.24, 2.45) is 11.8 Å². The first-order valence-corrected chi connectivity index (χ1v) is 10.2. The van der Waals surface area contributed by atoms with Gasteiger partial charge < -0.3 is 15.4 Å². The molecular formula is C24H30N2O3. The van der Waals surface area contributed by atoms with E-state index in [1.165, 1.54) is 0 Å². The lowest BCUT2D eigenvalue weighted by atomic mass is 9.98. The molecule has 2 amide bonds. The summed E-state index contributed by atoms with van der Waals surface area (Å²) >= 11 is 0. The lowest BCUT2D eigenvalue weighted by Crippen LogP contribution is -2.29. The fourth-order valence-corrected chi connectivity index (χ4v) is 3.59. The number of hydrogen-bond acceptors (Lipinski definition) is 3. The van der Waals surface area contributed by atoms with Gasteiger partial charge in [-0.2, -0.15) is 0 Å². The first kappa shape index (κ1) is 20.9. The summed E-state index contributed by atoms with van der Waals surface area (Å²) < 4.78 is 5.15. The number of carbonyl (C=O) groups excluding carboxylic acids is 2. The van der Waals surface area contributed by atoms with Crippen LogP contribution in [0.25, 0.3) is 0 Å². The monoisotopic (exact) mass is 394 g/mol. The SMILES string of the molecule is COc1ccc(CCNC(=O)C2CC2C(=O)Nc2c(C)cccc2C(C)C)cc1. The number of hydrogen-bond donors (Lipinski definition) is 2. The number of aryl methyl sites for hydroxylation is 1. The Morgan fingerprint density at radius 3 is 2.41 bits per heavy atom. The Morgan fingerprint density at radius 1 is 1.07 bits per heavy atom. The van der Waals surface area contributed by atoms with Crippen LogP contribution >= 0.6 is 0 Å². The zero-order chi connectivity index (χ0) is 21.0. The Bertz CT molecular complexity index is 874. The normalized spacial score (nSPS) is 17.7. The molecule has 29 heavy (non-hydrogen) atoms. The fourth-order valence-electron chi connectivity index (χ4n) is 3.59. The van der Waals surface area contributed by atoms with Crippen LogP contribution in [-0.2, 0) is 16.0 Å². The van der Waals surface area contributed by atoms with Gasteiger partial charge in [0.25, 0.3) is 0 Å². The van der Waals surface area contributed by atoms with Gasteiger partial charge in [-0.25, -0.2) is 0 Å². The van der Waals surface area contributed by atoms with E-state index in [0.29, 0.717) is 18.9 Å². The van der Waals surface area contributed by atoms with Crippen molar-refractivity contribution in [3.63, 3.8) is 0 Å². The zero-order valence-corrected chi connectivity index (χ0v) is 17.6. The summed E-state index contributed by atoms with van der Waals surface area (Å²) in [6.07, 6.45) is 1.36. The maximum absolute atomic E-state index is 12.7. The molecular weight excluding hydrogens is 364 g/mol. The van der Waals surface area contributed by atoms with Gasteiger partial charge in [-0.15, -0.1) is 0 Å². The Kier molecular flexibility index (Phi) is 6.57. The van der Waals surface area contributed by atoms with Crippen molar-refractivity contribution in [1.29, 1.82) is 0 Å². The van der Waals surface area contributed by atoms with E-state index >= 15 is 0 Å². The molecule has 5 nitrogen and oxygen atoms in total. The highest BCUT2D eigenvalue weighted by atomic mass is 16.5. The van der Waals surface area contributed by atoms with E-state index in [2.05, 4.69) is 24.5 Å². The Balaban J connectivity index is 1.49. The molecule has 2 atom stereocenters. The number of nitrogens with one attached hydrogen (secondary N) is 2. The van der Waals surface area contributed by atoms with Gasteiger partial charge in [-0.3, -0.25) is 9.59 Å². The van der Waals surface area contributed by atoms with Crippen LogP contribution in [0.1, 0.15) is 42.9 Å². The van der Waals surface area contributed by atoms with Crippen molar-refractivity contribution in [2.45, 2.75) is 39.5 Å². The number of methoxy groups -OCH3 is 1. The van der Waals surface area contributed by atoms with E-state index in [9.17, 15) is 9.59 Å². The molecule has 0 aliphatic heterocycles. The van der Waals surface area contributed by atoms with E-state index in [4.69, 9.17) is 4.74 Å². The van der Waals surface area contributed by atoms with Crippen LogP contribution in [0.15, 0.2) is 42.5 Å². The van der Waals surface area contributed by atoms with Gasteiger partial charge in [0, 0.05) is 12.2 Å². The summed E-state index contributed by atoms with van der Waals surface area (Å²) in [5.41, 5.74) is 4.19. The summed E-state index contributed by atoms with van der Waals surface area (Å²) in [6, 6.07) is 13.9. The molecule has 154 valence electrons. The summed E-state index contributed by atoms with van der Waals surface area (Å²) in [4.78, 5) is 25.1. The molecule has 2 aromatic carbocycles. The van der Waals surface area contributed by atoms with Crippen molar-refractivity contribution in [1.82, 2.24) is 5.32 Å². The lowest BCUT2D eigenvalue weighted by Gasteiger charge is -2.16. The standard InChI is InChI=1S/C24H30N2O3/c1-15(2)19-7-5-6-16(3)22(19)26-24(28)21-14-20(21)23(27)25-13-12-17-8-10-18(29-4)11-9-17/h5-11,15,20-21H,12-14H2,1-4H3,(H,25,27)(H,26,28). The van der Waals surface area contributed by atoms with E-state index in [-0.39, 0.29) is 23.7 Å². The van der Waals surface area contributed by atoms with Crippen LogP contribution in [0.4, 0.5) is 5.69 Å². The minimum atomic E-state index is -0.240. The van der Waals surface area contributed by atoms with Crippen molar-refractivity contribution < 1.29 is 14.3 Å². The molecule has 0 heterocycles. The van der Waals surface area contributed by atoms with Crippen LogP contribution < -0.4 is 15.4 Å². The molecule has 3 rings (SSSR count). The summed E-state index contributed by atoms with van der Waals surface area (Å²) in [5, 5.41) is 6.03. The fraction of sp³-hybridized carbons (Fsp3) is 0.417. The third-order valence-corrected chi connectivity index (χ3v) is 5.51. The van der Waals surface area contributed by atoms with E-state index < -0.39 is 0 Å². The largest absolute Gasteiger partial charge is 0.497 e. The molecule has 1 aliphatic rings. The maximum Gasteiger partial charge on any atom is 0.228 e. The third-order valence-electron chi connectivity index (χ3n) is 5.51. The zero-order valence-electron chi connectivity index (χ0n) is 17.6. The van der Waals surface area contributed by atoms with E-state index in [1.54, 1.807) is 7.11 Å². The highest BCUT2D eigenvalue weighted by Gasteiger charge is 2.48. The van der Waals surface area contributed by atoms with E-state index in [1.807, 2.05) is 49.4 Å². The Morgan fingerprint density at radius 2 is 1.76 bits per heavy atom. The number of para-hydroxylation sites is 1. The molecule has 2 aromatic rings. The maximum atomic E-state index is 12.7. The van der Waals surface area contributed by atoms with Gasteiger partial charge in [0.2, 0.25) is 11.8 Å². The van der Waals surface area contributed by atoms with Crippen LogP contribution in [0.3, 0.4) is 0 Å². The predicted octanol–water partition coefficient (Wildman–Crippen LogP) is 4.06. The molecule has 2 N–H and O–H groups in total. The summed E-state index contributed by atoms with van der Waals surface area (Å²) in [5.74, 6) is 0.581. The first-order chi connectivity index (χ1) is 13.9. The van der Waals surface area contributed by atoms with Gasteiger partial charge >= 0.3 is 0 Å². The highest BCUT2D eigenvalue weighted by molar-refractivity contribution is 6.00. The smallest absolute Gasteiger partial charge is 0.228 e. The molecule has 0 spiro atoms. The van der Waals surface area contributed by atoms with Crippen molar-refractivity contribution in [3.05, 3.63) is 59.2 Å². The molecule has 0 radical (unpaired) electrons. The topological polar surface area (TPSA) is 67.4 Å². The second-order valence-corrected chi connectivity index (χ2v) is 8.02. The quantitative estimate of drug-likeness (QED) is 0.709. The van der Waals surface area contributed by atoms with Gasteiger partial charge in [0.15, 0.2) is 0 Å². The summed E-state index contributed by atoms with van der Waals surface area (Å²) in [7, 11) is 1.64. The Labute approximate surface area is 172 Å². The predicted molar refractivity (Wildman–Crippen MR) is 115 cm³/mol. The van der Waals surface area contributed by atoms with Crippen molar-refractivity contribution in [2.75, 3.05) is 19.0 Å². The Hall–Kier alpha value is -2.82.